The van der Waals surface area contributed by atoms with Gasteiger partial charge in [-0.05, 0) is 30.5 Å². The van der Waals surface area contributed by atoms with Gasteiger partial charge in [0.1, 0.15) is 0 Å². The maximum absolute atomic E-state index is 6.01. The molecule has 1 aromatic rings. The first kappa shape index (κ1) is 15.5. The Morgan fingerprint density at radius 3 is 2.78 bits per heavy atom. The van der Waals surface area contributed by atoms with E-state index in [0.717, 1.165) is 37.6 Å². The Bertz CT molecular complexity index is 330. The third kappa shape index (κ3) is 5.85. The maximum atomic E-state index is 6.01. The van der Waals surface area contributed by atoms with E-state index in [-0.39, 0.29) is 0 Å². The molecule has 0 aliphatic rings. The highest BCUT2D eigenvalue weighted by Gasteiger charge is 2.08. The summed E-state index contributed by atoms with van der Waals surface area (Å²) in [6, 6.07) is 8.41. The number of benzene rings is 1. The van der Waals surface area contributed by atoms with E-state index in [0.29, 0.717) is 6.04 Å². The number of rotatable bonds is 9. The lowest BCUT2D eigenvalue weighted by molar-refractivity contribution is 0.130. The average molecular weight is 270 g/mol. The van der Waals surface area contributed by atoms with Crippen LogP contribution in [0.25, 0.3) is 0 Å². The van der Waals surface area contributed by atoms with Gasteiger partial charge in [-0.2, -0.15) is 0 Å². The van der Waals surface area contributed by atoms with Crippen LogP contribution < -0.4 is 5.32 Å². The van der Waals surface area contributed by atoms with Crippen molar-refractivity contribution in [1.82, 2.24) is 5.32 Å². The van der Waals surface area contributed by atoms with Crippen molar-refractivity contribution in [3.05, 3.63) is 34.9 Å². The molecule has 3 heteroatoms. The molecule has 0 aromatic heterocycles. The van der Waals surface area contributed by atoms with Gasteiger partial charge in [-0.25, -0.2) is 0 Å². The quantitative estimate of drug-likeness (QED) is 0.679. The van der Waals surface area contributed by atoms with Crippen molar-refractivity contribution < 1.29 is 4.74 Å². The Morgan fingerprint density at radius 2 is 2.11 bits per heavy atom. The van der Waals surface area contributed by atoms with E-state index in [4.69, 9.17) is 16.3 Å². The monoisotopic (exact) mass is 269 g/mol. The van der Waals surface area contributed by atoms with Gasteiger partial charge in [-0.1, -0.05) is 44.0 Å². The molecule has 0 bridgehead atoms. The number of ether oxygens (including phenoxy) is 1. The van der Waals surface area contributed by atoms with Crippen LogP contribution in [0.15, 0.2) is 24.3 Å². The summed E-state index contributed by atoms with van der Waals surface area (Å²) >= 11 is 6.01. The molecular formula is C15H24ClNO. The Kier molecular flexibility index (Phi) is 8.06. The fourth-order valence-corrected chi connectivity index (χ4v) is 2.07. The zero-order chi connectivity index (χ0) is 13.2. The first-order valence-corrected chi connectivity index (χ1v) is 7.22. The number of halogens is 1. The highest BCUT2D eigenvalue weighted by atomic mass is 35.5. The van der Waals surface area contributed by atoms with E-state index in [1.165, 1.54) is 12.0 Å². The lowest BCUT2D eigenvalue weighted by Gasteiger charge is -2.17. The van der Waals surface area contributed by atoms with Crippen molar-refractivity contribution in [1.29, 1.82) is 0 Å². The fraction of sp³-hybridized carbons (Fsp3) is 0.600. The summed E-state index contributed by atoms with van der Waals surface area (Å²) < 4.78 is 5.54. The van der Waals surface area contributed by atoms with Gasteiger partial charge in [-0.3, -0.25) is 0 Å². The standard InChI is InChI=1S/C15H24ClNO/c1-3-5-10-18-11-9-17-15(4-2)13-7-6-8-14(16)12-13/h6-8,12,15,17H,3-5,9-11H2,1-2H3. The van der Waals surface area contributed by atoms with E-state index in [2.05, 4.69) is 25.2 Å². The van der Waals surface area contributed by atoms with Crippen LogP contribution in [0.2, 0.25) is 5.02 Å². The average Bonchev–Trinajstić information content (AvgIpc) is 2.38. The zero-order valence-electron chi connectivity index (χ0n) is 11.4. The van der Waals surface area contributed by atoms with Crippen LogP contribution >= 0.6 is 11.6 Å². The number of unbranched alkanes of at least 4 members (excludes halogenated alkanes) is 1. The van der Waals surface area contributed by atoms with Crippen molar-refractivity contribution in [3.63, 3.8) is 0 Å². The minimum absolute atomic E-state index is 0.360. The largest absolute Gasteiger partial charge is 0.380 e. The highest BCUT2D eigenvalue weighted by molar-refractivity contribution is 6.30. The zero-order valence-corrected chi connectivity index (χ0v) is 12.2. The molecule has 1 aromatic carbocycles. The Hall–Kier alpha value is -0.570. The predicted molar refractivity (Wildman–Crippen MR) is 78.2 cm³/mol. The summed E-state index contributed by atoms with van der Waals surface area (Å²) in [5.41, 5.74) is 1.25. The first-order valence-electron chi connectivity index (χ1n) is 6.84. The molecule has 0 fully saturated rings. The van der Waals surface area contributed by atoms with E-state index in [1.807, 2.05) is 18.2 Å². The van der Waals surface area contributed by atoms with Gasteiger partial charge in [0, 0.05) is 24.2 Å². The molecule has 1 rings (SSSR count). The lowest BCUT2D eigenvalue weighted by atomic mass is 10.0. The van der Waals surface area contributed by atoms with Gasteiger partial charge in [0.05, 0.1) is 6.61 Å². The van der Waals surface area contributed by atoms with Crippen LogP contribution in [0.3, 0.4) is 0 Å². The van der Waals surface area contributed by atoms with Crippen molar-refractivity contribution in [3.8, 4) is 0 Å². The highest BCUT2D eigenvalue weighted by Crippen LogP contribution is 2.19. The third-order valence-electron chi connectivity index (χ3n) is 2.94. The summed E-state index contributed by atoms with van der Waals surface area (Å²) in [5.74, 6) is 0. The molecule has 0 heterocycles. The molecule has 2 nitrogen and oxygen atoms in total. The van der Waals surface area contributed by atoms with Gasteiger partial charge in [-0.15, -0.1) is 0 Å². The van der Waals surface area contributed by atoms with Gasteiger partial charge in [0.25, 0.3) is 0 Å². The normalized spacial score (nSPS) is 12.6. The molecule has 1 N–H and O–H groups in total. The van der Waals surface area contributed by atoms with E-state index >= 15 is 0 Å². The molecule has 0 amide bonds. The van der Waals surface area contributed by atoms with Gasteiger partial charge in [0.15, 0.2) is 0 Å². The van der Waals surface area contributed by atoms with Crippen LogP contribution in [0.1, 0.15) is 44.7 Å². The lowest BCUT2D eigenvalue weighted by Crippen LogP contribution is -2.25. The summed E-state index contributed by atoms with van der Waals surface area (Å²) in [7, 11) is 0. The topological polar surface area (TPSA) is 21.3 Å². The van der Waals surface area contributed by atoms with E-state index in [9.17, 15) is 0 Å². The van der Waals surface area contributed by atoms with E-state index in [1.54, 1.807) is 0 Å². The minimum atomic E-state index is 0.360. The van der Waals surface area contributed by atoms with Gasteiger partial charge >= 0.3 is 0 Å². The summed E-state index contributed by atoms with van der Waals surface area (Å²) in [6.07, 6.45) is 3.38. The summed E-state index contributed by atoms with van der Waals surface area (Å²) in [4.78, 5) is 0. The van der Waals surface area contributed by atoms with Gasteiger partial charge < -0.3 is 10.1 Å². The molecule has 0 radical (unpaired) electrons. The molecule has 1 unspecified atom stereocenters. The van der Waals surface area contributed by atoms with Crippen molar-refractivity contribution in [2.45, 2.75) is 39.2 Å². The Morgan fingerprint density at radius 1 is 1.28 bits per heavy atom. The second-order valence-electron chi connectivity index (χ2n) is 4.44. The maximum Gasteiger partial charge on any atom is 0.0591 e. The third-order valence-corrected chi connectivity index (χ3v) is 3.17. The van der Waals surface area contributed by atoms with Crippen molar-refractivity contribution >= 4 is 11.6 Å². The van der Waals surface area contributed by atoms with Crippen molar-refractivity contribution in [2.75, 3.05) is 19.8 Å². The number of hydrogen-bond donors (Lipinski definition) is 1. The second kappa shape index (κ2) is 9.37. The molecule has 0 aliphatic heterocycles. The molecule has 102 valence electrons. The van der Waals surface area contributed by atoms with Gasteiger partial charge in [0.2, 0.25) is 0 Å². The molecule has 0 saturated heterocycles. The van der Waals surface area contributed by atoms with Crippen LogP contribution in [-0.2, 0) is 4.74 Å². The molecule has 0 aliphatic carbocycles. The first-order chi connectivity index (χ1) is 8.77. The minimum Gasteiger partial charge on any atom is -0.380 e. The molecular weight excluding hydrogens is 246 g/mol. The van der Waals surface area contributed by atoms with Crippen molar-refractivity contribution in [2.24, 2.45) is 0 Å². The smallest absolute Gasteiger partial charge is 0.0591 e. The van der Waals surface area contributed by atoms with Crippen LogP contribution in [-0.4, -0.2) is 19.8 Å². The number of hydrogen-bond acceptors (Lipinski definition) is 2. The molecule has 0 saturated carbocycles. The number of nitrogens with one attached hydrogen (secondary N) is 1. The fourth-order valence-electron chi connectivity index (χ4n) is 1.88. The summed E-state index contributed by atoms with van der Waals surface area (Å²) in [6.45, 7) is 6.88. The molecule has 0 spiro atoms. The second-order valence-corrected chi connectivity index (χ2v) is 4.87. The van der Waals surface area contributed by atoms with Crippen LogP contribution in [0.5, 0.6) is 0 Å². The van der Waals surface area contributed by atoms with Crippen LogP contribution in [0, 0.1) is 0 Å². The van der Waals surface area contributed by atoms with E-state index < -0.39 is 0 Å². The SMILES string of the molecule is CCCCOCCNC(CC)c1cccc(Cl)c1. The molecule has 1 atom stereocenters. The summed E-state index contributed by atoms with van der Waals surface area (Å²) in [5, 5.41) is 4.30. The Balaban J connectivity index is 2.29. The predicted octanol–water partition coefficient (Wildman–Crippen LogP) is 4.20. The Labute approximate surface area is 116 Å². The van der Waals surface area contributed by atoms with Crippen LogP contribution in [0.4, 0.5) is 0 Å². The molecule has 18 heavy (non-hydrogen) atoms.